The van der Waals surface area contributed by atoms with E-state index in [1.54, 1.807) is 12.1 Å². The van der Waals surface area contributed by atoms with E-state index in [0.29, 0.717) is 10.5 Å². The molecule has 2 aromatic carbocycles. The second-order valence-corrected chi connectivity index (χ2v) is 8.72. The molecule has 0 aromatic heterocycles. The van der Waals surface area contributed by atoms with Crippen LogP contribution in [0.3, 0.4) is 0 Å². The fourth-order valence-electron chi connectivity index (χ4n) is 2.12. The molecule has 0 radical (unpaired) electrons. The van der Waals surface area contributed by atoms with Gasteiger partial charge in [0.1, 0.15) is 6.54 Å². The minimum atomic E-state index is -4.61. The van der Waals surface area contributed by atoms with Crippen LogP contribution in [-0.2, 0) is 21.0 Å². The number of nitrogens with zero attached hydrogens (tertiary/aromatic N) is 1. The normalized spacial score (nSPS) is 11.9. The number of carbonyl (C=O) groups is 1. The quantitative estimate of drug-likeness (QED) is 0.677. The van der Waals surface area contributed by atoms with Gasteiger partial charge in [-0.2, -0.15) is 13.2 Å². The summed E-state index contributed by atoms with van der Waals surface area (Å²) < 4.78 is 64.0. The van der Waals surface area contributed by atoms with Gasteiger partial charge in [-0.1, -0.05) is 27.5 Å². The van der Waals surface area contributed by atoms with Gasteiger partial charge in [-0.05, 0) is 42.5 Å². The zero-order valence-corrected chi connectivity index (χ0v) is 16.9. The van der Waals surface area contributed by atoms with Crippen molar-refractivity contribution in [3.63, 3.8) is 0 Å². The first-order chi connectivity index (χ1) is 12.4. The van der Waals surface area contributed by atoms with Crippen LogP contribution >= 0.6 is 27.5 Å². The zero-order valence-electron chi connectivity index (χ0n) is 13.7. The molecule has 0 saturated heterocycles. The van der Waals surface area contributed by atoms with E-state index < -0.39 is 34.2 Å². The second-order valence-electron chi connectivity index (χ2n) is 5.49. The predicted molar refractivity (Wildman–Crippen MR) is 101 cm³/mol. The molecular formula is C16H13BrClF3N2O3S. The number of halogens is 5. The molecule has 1 N–H and O–H groups in total. The maximum Gasteiger partial charge on any atom is 0.416 e. The topological polar surface area (TPSA) is 66.5 Å². The van der Waals surface area contributed by atoms with Crippen molar-refractivity contribution in [3.8, 4) is 0 Å². The Morgan fingerprint density at radius 2 is 1.78 bits per heavy atom. The highest BCUT2D eigenvalue weighted by atomic mass is 79.9. The zero-order chi connectivity index (χ0) is 20.4. The van der Waals surface area contributed by atoms with E-state index in [1.165, 1.54) is 12.1 Å². The van der Waals surface area contributed by atoms with Crippen LogP contribution in [0.2, 0.25) is 5.02 Å². The smallest absolute Gasteiger partial charge is 0.323 e. The summed E-state index contributed by atoms with van der Waals surface area (Å²) in [5, 5.41) is 2.11. The largest absolute Gasteiger partial charge is 0.416 e. The van der Waals surface area contributed by atoms with Gasteiger partial charge in [0, 0.05) is 4.47 Å². The molecule has 0 heterocycles. The molecule has 0 atom stereocenters. The molecular weight excluding hydrogens is 473 g/mol. The minimum Gasteiger partial charge on any atom is -0.323 e. The van der Waals surface area contributed by atoms with Crippen LogP contribution in [0.5, 0.6) is 0 Å². The van der Waals surface area contributed by atoms with E-state index in [2.05, 4.69) is 21.2 Å². The molecule has 0 aliphatic rings. The fraction of sp³-hybridized carbons (Fsp3) is 0.188. The third kappa shape index (κ3) is 5.85. The summed E-state index contributed by atoms with van der Waals surface area (Å²) in [7, 11) is -3.82. The van der Waals surface area contributed by atoms with Crippen molar-refractivity contribution in [1.29, 1.82) is 0 Å². The summed E-state index contributed by atoms with van der Waals surface area (Å²) in [5.41, 5.74) is -1.03. The standard InChI is InChI=1S/C16H13BrClF3N2O3S/c1-27(25,26)23(12-5-3-11(17)4-6-12)9-15(24)22-14-8-10(16(19,20)21)2-7-13(14)18/h2-8H,9H2,1H3,(H,22,24). The molecule has 0 bridgehead atoms. The number of sulfonamides is 1. The van der Waals surface area contributed by atoms with Gasteiger partial charge in [-0.3, -0.25) is 9.10 Å². The van der Waals surface area contributed by atoms with E-state index in [1.807, 2.05) is 0 Å². The third-order valence-electron chi connectivity index (χ3n) is 3.37. The monoisotopic (exact) mass is 484 g/mol. The summed E-state index contributed by atoms with van der Waals surface area (Å²) in [6.07, 6.45) is -3.69. The Bertz CT molecular complexity index is 950. The Balaban J connectivity index is 2.25. The number of carbonyl (C=O) groups excluding carboxylic acids is 1. The summed E-state index contributed by atoms with van der Waals surface area (Å²) in [4.78, 5) is 12.3. The van der Waals surface area contributed by atoms with Crippen molar-refractivity contribution in [3.05, 3.63) is 57.5 Å². The highest BCUT2D eigenvalue weighted by Gasteiger charge is 2.31. The summed E-state index contributed by atoms with van der Waals surface area (Å²) in [5.74, 6) is -0.843. The van der Waals surface area contributed by atoms with Gasteiger partial charge >= 0.3 is 6.18 Å². The molecule has 27 heavy (non-hydrogen) atoms. The number of hydrogen-bond acceptors (Lipinski definition) is 3. The Kier molecular flexibility index (Phi) is 6.43. The van der Waals surface area contributed by atoms with Crippen LogP contribution in [0.15, 0.2) is 46.9 Å². The molecule has 2 rings (SSSR count). The summed E-state index contributed by atoms with van der Waals surface area (Å²) in [6, 6.07) is 8.62. The van der Waals surface area contributed by atoms with Crippen LogP contribution in [0.25, 0.3) is 0 Å². The summed E-state index contributed by atoms with van der Waals surface area (Å²) >= 11 is 9.05. The van der Waals surface area contributed by atoms with Gasteiger partial charge < -0.3 is 5.32 Å². The SMILES string of the molecule is CS(=O)(=O)N(CC(=O)Nc1cc(C(F)(F)F)ccc1Cl)c1ccc(Br)cc1. The van der Waals surface area contributed by atoms with Crippen LogP contribution in [0.4, 0.5) is 24.5 Å². The van der Waals surface area contributed by atoms with E-state index >= 15 is 0 Å². The molecule has 0 unspecified atom stereocenters. The highest BCUT2D eigenvalue weighted by molar-refractivity contribution is 9.10. The van der Waals surface area contributed by atoms with Crippen molar-refractivity contribution in [2.24, 2.45) is 0 Å². The molecule has 0 aliphatic carbocycles. The van der Waals surface area contributed by atoms with Gasteiger partial charge in [0.25, 0.3) is 0 Å². The first-order valence-corrected chi connectivity index (χ1v) is 10.3. The molecule has 146 valence electrons. The molecule has 5 nitrogen and oxygen atoms in total. The number of benzene rings is 2. The number of anilines is 2. The average Bonchev–Trinajstić information content (AvgIpc) is 2.53. The van der Waals surface area contributed by atoms with Gasteiger partial charge in [0.2, 0.25) is 15.9 Å². The Morgan fingerprint density at radius 3 is 2.30 bits per heavy atom. The second kappa shape index (κ2) is 8.07. The molecule has 11 heteroatoms. The molecule has 0 fully saturated rings. The Labute approximate surface area is 167 Å². The number of nitrogens with one attached hydrogen (secondary N) is 1. The van der Waals surface area contributed by atoms with Crippen LogP contribution in [0, 0.1) is 0 Å². The van der Waals surface area contributed by atoms with Gasteiger partial charge in [0.05, 0.1) is 28.2 Å². The van der Waals surface area contributed by atoms with Crippen molar-refractivity contribution >= 4 is 54.8 Å². The van der Waals surface area contributed by atoms with Gasteiger partial charge in [0.15, 0.2) is 0 Å². The van der Waals surface area contributed by atoms with Crippen LogP contribution in [0.1, 0.15) is 5.56 Å². The molecule has 1 amide bonds. The summed E-state index contributed by atoms with van der Waals surface area (Å²) in [6.45, 7) is -0.632. The van der Waals surface area contributed by atoms with Crippen LogP contribution < -0.4 is 9.62 Å². The maximum atomic E-state index is 12.8. The van der Waals surface area contributed by atoms with E-state index in [-0.39, 0.29) is 16.4 Å². The van der Waals surface area contributed by atoms with Crippen LogP contribution in [-0.4, -0.2) is 27.1 Å². The van der Waals surface area contributed by atoms with E-state index in [0.717, 1.165) is 22.7 Å². The lowest BCUT2D eigenvalue weighted by atomic mass is 10.2. The molecule has 2 aromatic rings. The molecule has 0 saturated carbocycles. The maximum absolute atomic E-state index is 12.8. The number of amides is 1. The predicted octanol–water partition coefficient (Wildman–Crippen LogP) is 4.53. The van der Waals surface area contributed by atoms with Crippen molar-refractivity contribution in [2.75, 3.05) is 22.4 Å². The average molecular weight is 486 g/mol. The highest BCUT2D eigenvalue weighted by Crippen LogP contribution is 2.33. The van der Waals surface area contributed by atoms with Gasteiger partial charge in [-0.25, -0.2) is 8.42 Å². The lowest BCUT2D eigenvalue weighted by Crippen LogP contribution is -2.37. The molecule has 0 spiro atoms. The molecule has 0 aliphatic heterocycles. The van der Waals surface area contributed by atoms with Crippen molar-refractivity contribution < 1.29 is 26.4 Å². The Hall–Kier alpha value is -1.78. The minimum absolute atomic E-state index is 0.106. The first-order valence-electron chi connectivity index (χ1n) is 7.28. The van der Waals surface area contributed by atoms with Gasteiger partial charge in [-0.15, -0.1) is 0 Å². The first kappa shape index (κ1) is 21.5. The van der Waals surface area contributed by atoms with E-state index in [4.69, 9.17) is 11.6 Å². The number of hydrogen-bond donors (Lipinski definition) is 1. The third-order valence-corrected chi connectivity index (χ3v) is 5.37. The Morgan fingerprint density at radius 1 is 1.19 bits per heavy atom. The lowest BCUT2D eigenvalue weighted by Gasteiger charge is -2.22. The van der Waals surface area contributed by atoms with E-state index in [9.17, 15) is 26.4 Å². The van der Waals surface area contributed by atoms with Crippen molar-refractivity contribution in [2.45, 2.75) is 6.18 Å². The number of alkyl halides is 3. The fourth-order valence-corrected chi connectivity index (χ4v) is 3.41. The lowest BCUT2D eigenvalue weighted by molar-refractivity contribution is -0.137. The van der Waals surface area contributed by atoms with Crippen molar-refractivity contribution in [1.82, 2.24) is 0 Å². The number of rotatable bonds is 5.